The summed E-state index contributed by atoms with van der Waals surface area (Å²) in [6.07, 6.45) is 6.00. The molecule has 1 saturated carbocycles. The van der Waals surface area contributed by atoms with Crippen molar-refractivity contribution in [2.24, 2.45) is 5.92 Å². The summed E-state index contributed by atoms with van der Waals surface area (Å²) in [6, 6.07) is 4.23. The number of aliphatic hydroxyl groups is 1. The van der Waals surface area contributed by atoms with Gasteiger partial charge in [0.15, 0.2) is 0 Å². The summed E-state index contributed by atoms with van der Waals surface area (Å²) in [6.45, 7) is 4.25. The smallest absolute Gasteiger partial charge is 0.0897 e. The van der Waals surface area contributed by atoms with E-state index in [0.29, 0.717) is 25.2 Å². The zero-order valence-corrected chi connectivity index (χ0v) is 13.2. The van der Waals surface area contributed by atoms with Gasteiger partial charge in [-0.3, -0.25) is 0 Å². The molecule has 0 bridgehead atoms. The molecule has 0 amide bonds. The highest BCUT2D eigenvalue weighted by molar-refractivity contribution is 7.09. The maximum absolute atomic E-state index is 9.94. The van der Waals surface area contributed by atoms with E-state index in [4.69, 9.17) is 4.74 Å². The average molecular weight is 297 g/mol. The minimum Gasteiger partial charge on any atom is -0.389 e. The number of hydrogen-bond acceptors (Lipinski definition) is 4. The largest absolute Gasteiger partial charge is 0.389 e. The van der Waals surface area contributed by atoms with E-state index in [2.05, 4.69) is 29.8 Å². The first kappa shape index (κ1) is 16.0. The molecular weight excluding hydrogens is 270 g/mol. The van der Waals surface area contributed by atoms with E-state index in [9.17, 15) is 5.11 Å². The maximum atomic E-state index is 9.94. The fraction of sp³-hybridized carbons (Fsp3) is 0.750. The number of thiophene rings is 1. The number of rotatable bonds is 8. The van der Waals surface area contributed by atoms with Crippen molar-refractivity contribution in [3.05, 3.63) is 22.4 Å². The highest BCUT2D eigenvalue weighted by atomic mass is 32.1. The predicted molar refractivity (Wildman–Crippen MR) is 84.3 cm³/mol. The first-order valence-electron chi connectivity index (χ1n) is 7.78. The van der Waals surface area contributed by atoms with Gasteiger partial charge in [0.1, 0.15) is 0 Å². The van der Waals surface area contributed by atoms with Gasteiger partial charge in [-0.1, -0.05) is 25.8 Å². The van der Waals surface area contributed by atoms with Crippen LogP contribution >= 0.6 is 11.3 Å². The van der Waals surface area contributed by atoms with Gasteiger partial charge in [-0.15, -0.1) is 11.3 Å². The molecule has 1 heterocycles. The molecule has 1 aromatic heterocycles. The second-order valence-corrected chi connectivity index (χ2v) is 6.85. The Morgan fingerprint density at radius 2 is 2.30 bits per heavy atom. The van der Waals surface area contributed by atoms with Gasteiger partial charge in [0.2, 0.25) is 0 Å². The summed E-state index contributed by atoms with van der Waals surface area (Å²) in [4.78, 5) is 1.39. The Balaban J connectivity index is 1.52. The van der Waals surface area contributed by atoms with Gasteiger partial charge in [-0.2, -0.15) is 0 Å². The van der Waals surface area contributed by atoms with Crippen LogP contribution in [0.1, 0.15) is 37.5 Å². The summed E-state index contributed by atoms with van der Waals surface area (Å²) in [5.41, 5.74) is 0. The van der Waals surface area contributed by atoms with Crippen LogP contribution in [0.5, 0.6) is 0 Å². The van der Waals surface area contributed by atoms with E-state index in [-0.39, 0.29) is 0 Å². The summed E-state index contributed by atoms with van der Waals surface area (Å²) < 4.78 is 5.87. The van der Waals surface area contributed by atoms with Gasteiger partial charge in [-0.25, -0.2) is 0 Å². The van der Waals surface area contributed by atoms with Crippen LogP contribution < -0.4 is 5.32 Å². The Morgan fingerprint density at radius 3 is 3.05 bits per heavy atom. The molecule has 2 N–H and O–H groups in total. The third-order valence-electron chi connectivity index (χ3n) is 4.04. The standard InChI is InChI=1S/C16H27NO2S/c1-13-5-2-3-7-16(13)19-12-14(18)11-17-9-8-15-6-4-10-20-15/h4,6,10,13-14,16-18H,2-3,5,7-9,11-12H2,1H3. The molecule has 1 aliphatic rings. The van der Waals surface area contributed by atoms with Crippen molar-refractivity contribution in [2.75, 3.05) is 19.7 Å². The maximum Gasteiger partial charge on any atom is 0.0897 e. The van der Waals surface area contributed by atoms with Gasteiger partial charge < -0.3 is 15.2 Å². The lowest BCUT2D eigenvalue weighted by atomic mass is 9.88. The molecule has 1 aromatic rings. The molecule has 1 aliphatic carbocycles. The molecular formula is C16H27NO2S. The summed E-state index contributed by atoms with van der Waals surface area (Å²) >= 11 is 1.78. The topological polar surface area (TPSA) is 41.5 Å². The summed E-state index contributed by atoms with van der Waals surface area (Å²) in [5.74, 6) is 0.641. The van der Waals surface area contributed by atoms with Gasteiger partial charge in [0, 0.05) is 18.0 Å². The number of nitrogens with one attached hydrogen (secondary N) is 1. The van der Waals surface area contributed by atoms with Crippen molar-refractivity contribution < 1.29 is 9.84 Å². The van der Waals surface area contributed by atoms with E-state index in [1.807, 2.05) is 0 Å². The van der Waals surface area contributed by atoms with Gasteiger partial charge >= 0.3 is 0 Å². The van der Waals surface area contributed by atoms with Crippen LogP contribution in [0.3, 0.4) is 0 Å². The second kappa shape index (κ2) is 8.78. The normalized spacial score (nSPS) is 24.7. The van der Waals surface area contributed by atoms with Crippen LogP contribution in [-0.2, 0) is 11.2 Å². The van der Waals surface area contributed by atoms with Crippen LogP contribution in [-0.4, -0.2) is 37.0 Å². The van der Waals surface area contributed by atoms with Crippen LogP contribution in [0, 0.1) is 5.92 Å². The van der Waals surface area contributed by atoms with Gasteiger partial charge in [0.25, 0.3) is 0 Å². The quantitative estimate of drug-likeness (QED) is 0.725. The van der Waals surface area contributed by atoms with Crippen LogP contribution in [0.4, 0.5) is 0 Å². The van der Waals surface area contributed by atoms with Crippen LogP contribution in [0.2, 0.25) is 0 Å². The third kappa shape index (κ3) is 5.52. The number of hydrogen-bond donors (Lipinski definition) is 2. The molecule has 4 heteroatoms. The third-order valence-corrected chi connectivity index (χ3v) is 4.98. The predicted octanol–water partition coefficient (Wildman–Crippen LogP) is 2.84. The molecule has 0 spiro atoms. The monoisotopic (exact) mass is 297 g/mol. The Bertz CT molecular complexity index is 355. The lowest BCUT2D eigenvalue weighted by Crippen LogP contribution is -2.35. The van der Waals surface area contributed by atoms with Crippen molar-refractivity contribution in [1.82, 2.24) is 5.32 Å². The van der Waals surface area contributed by atoms with E-state index < -0.39 is 6.10 Å². The van der Waals surface area contributed by atoms with Crippen molar-refractivity contribution in [2.45, 2.75) is 51.2 Å². The molecule has 1 fully saturated rings. The molecule has 3 atom stereocenters. The molecule has 0 aromatic carbocycles. The molecule has 20 heavy (non-hydrogen) atoms. The zero-order chi connectivity index (χ0) is 14.2. The lowest BCUT2D eigenvalue weighted by Gasteiger charge is -2.29. The Hall–Kier alpha value is -0.420. The van der Waals surface area contributed by atoms with Crippen LogP contribution in [0.25, 0.3) is 0 Å². The highest BCUT2D eigenvalue weighted by Gasteiger charge is 2.22. The highest BCUT2D eigenvalue weighted by Crippen LogP contribution is 2.26. The van der Waals surface area contributed by atoms with Crippen molar-refractivity contribution in [1.29, 1.82) is 0 Å². The van der Waals surface area contributed by atoms with Gasteiger partial charge in [0.05, 0.1) is 18.8 Å². The van der Waals surface area contributed by atoms with E-state index >= 15 is 0 Å². The zero-order valence-electron chi connectivity index (χ0n) is 12.4. The van der Waals surface area contributed by atoms with Crippen molar-refractivity contribution in [3.63, 3.8) is 0 Å². The molecule has 0 saturated heterocycles. The van der Waals surface area contributed by atoms with Crippen molar-refractivity contribution >= 4 is 11.3 Å². The first-order chi connectivity index (χ1) is 9.75. The van der Waals surface area contributed by atoms with E-state index in [1.165, 1.54) is 24.1 Å². The van der Waals surface area contributed by atoms with E-state index in [0.717, 1.165) is 19.4 Å². The SMILES string of the molecule is CC1CCCCC1OCC(O)CNCCc1cccs1. The average Bonchev–Trinajstić information content (AvgIpc) is 2.96. The van der Waals surface area contributed by atoms with Gasteiger partial charge in [-0.05, 0) is 36.6 Å². The first-order valence-corrected chi connectivity index (χ1v) is 8.66. The number of ether oxygens (including phenoxy) is 1. The minimum absolute atomic E-state index is 0.351. The Labute approximate surface area is 126 Å². The molecule has 3 unspecified atom stereocenters. The number of aliphatic hydroxyl groups excluding tert-OH is 1. The Morgan fingerprint density at radius 1 is 1.45 bits per heavy atom. The molecule has 0 radical (unpaired) electrons. The van der Waals surface area contributed by atoms with Crippen LogP contribution in [0.15, 0.2) is 17.5 Å². The molecule has 3 nitrogen and oxygen atoms in total. The second-order valence-electron chi connectivity index (χ2n) is 5.82. The van der Waals surface area contributed by atoms with E-state index in [1.54, 1.807) is 11.3 Å². The fourth-order valence-corrected chi connectivity index (χ4v) is 3.47. The molecule has 0 aliphatic heterocycles. The summed E-state index contributed by atoms with van der Waals surface area (Å²) in [7, 11) is 0. The molecule has 2 rings (SSSR count). The Kier molecular flexibility index (Phi) is 7.00. The fourth-order valence-electron chi connectivity index (χ4n) is 2.76. The van der Waals surface area contributed by atoms with Crippen molar-refractivity contribution in [3.8, 4) is 0 Å². The minimum atomic E-state index is -0.396. The lowest BCUT2D eigenvalue weighted by molar-refractivity contribution is -0.0450. The molecule has 114 valence electrons. The summed E-state index contributed by atoms with van der Waals surface area (Å²) in [5, 5.41) is 15.3.